The SMILES string of the molecule is CCCCCCCCCCCCCCCCCCCCCC(=O)NC(CC)N(C)C.Cl. The summed E-state index contributed by atoms with van der Waals surface area (Å²) in [4.78, 5) is 14.0. The Hall–Kier alpha value is -0.280. The number of hydrogen-bond acceptors (Lipinski definition) is 2. The number of rotatable bonds is 23. The molecule has 3 nitrogen and oxygen atoms in total. The van der Waals surface area contributed by atoms with E-state index in [-0.39, 0.29) is 24.5 Å². The summed E-state index contributed by atoms with van der Waals surface area (Å²) in [6.07, 6.45) is 28.2. The maximum Gasteiger partial charge on any atom is 0.221 e. The van der Waals surface area contributed by atoms with Crippen LogP contribution in [0.5, 0.6) is 0 Å². The smallest absolute Gasteiger partial charge is 0.221 e. The Morgan fingerprint density at radius 3 is 1.23 bits per heavy atom. The minimum absolute atomic E-state index is 0. The van der Waals surface area contributed by atoms with Crippen LogP contribution >= 0.6 is 12.4 Å². The van der Waals surface area contributed by atoms with E-state index in [1.807, 2.05) is 14.1 Å². The first-order chi connectivity index (χ1) is 14.6. The van der Waals surface area contributed by atoms with E-state index in [0.717, 1.165) is 12.8 Å². The summed E-state index contributed by atoms with van der Waals surface area (Å²) in [5.74, 6) is 0.211. The molecular formula is C27H57ClN2O. The van der Waals surface area contributed by atoms with Crippen LogP contribution in [0.1, 0.15) is 149 Å². The molecule has 0 radical (unpaired) electrons. The van der Waals surface area contributed by atoms with Crippen LogP contribution in [-0.2, 0) is 4.79 Å². The summed E-state index contributed by atoms with van der Waals surface area (Å²) in [5.41, 5.74) is 0. The molecule has 0 saturated carbocycles. The van der Waals surface area contributed by atoms with Gasteiger partial charge in [0, 0.05) is 6.42 Å². The lowest BCUT2D eigenvalue weighted by Gasteiger charge is -2.23. The summed E-state index contributed by atoms with van der Waals surface area (Å²) in [6.45, 7) is 4.40. The van der Waals surface area contributed by atoms with Gasteiger partial charge in [-0.25, -0.2) is 0 Å². The molecule has 1 N–H and O–H groups in total. The summed E-state index contributed by atoms with van der Waals surface area (Å²) in [7, 11) is 4.04. The summed E-state index contributed by atoms with van der Waals surface area (Å²) in [6, 6.07) is 0. The molecule has 0 saturated heterocycles. The molecule has 1 amide bonds. The van der Waals surface area contributed by atoms with Gasteiger partial charge in [0.15, 0.2) is 0 Å². The minimum Gasteiger partial charge on any atom is -0.341 e. The topological polar surface area (TPSA) is 32.3 Å². The lowest BCUT2D eigenvalue weighted by molar-refractivity contribution is -0.123. The number of amides is 1. The van der Waals surface area contributed by atoms with Gasteiger partial charge in [0.1, 0.15) is 0 Å². The van der Waals surface area contributed by atoms with Gasteiger partial charge in [-0.3, -0.25) is 9.69 Å². The first-order valence-corrected chi connectivity index (χ1v) is 13.6. The zero-order chi connectivity index (χ0) is 22.3. The average Bonchev–Trinajstić information content (AvgIpc) is 2.73. The first-order valence-electron chi connectivity index (χ1n) is 13.6. The molecule has 0 aliphatic carbocycles. The fourth-order valence-corrected chi connectivity index (χ4v) is 4.22. The molecular weight excluding hydrogens is 404 g/mol. The Kier molecular flexibility index (Phi) is 27.6. The molecule has 0 aliphatic heterocycles. The lowest BCUT2D eigenvalue weighted by Crippen LogP contribution is -2.44. The molecule has 0 fully saturated rings. The Morgan fingerprint density at radius 1 is 0.613 bits per heavy atom. The molecule has 188 valence electrons. The number of carbonyl (C=O) groups is 1. The number of halogens is 1. The third-order valence-electron chi connectivity index (χ3n) is 6.35. The highest BCUT2D eigenvalue weighted by Crippen LogP contribution is 2.14. The van der Waals surface area contributed by atoms with Crippen molar-refractivity contribution < 1.29 is 4.79 Å². The second-order valence-corrected chi connectivity index (χ2v) is 9.57. The molecule has 0 spiro atoms. The minimum atomic E-state index is 0. The van der Waals surface area contributed by atoms with Gasteiger partial charge < -0.3 is 5.32 Å². The quantitative estimate of drug-likeness (QED) is 0.122. The van der Waals surface area contributed by atoms with Gasteiger partial charge in [-0.15, -0.1) is 12.4 Å². The van der Waals surface area contributed by atoms with Crippen molar-refractivity contribution in [2.24, 2.45) is 0 Å². The van der Waals surface area contributed by atoms with Crippen molar-refractivity contribution in [3.8, 4) is 0 Å². The van der Waals surface area contributed by atoms with Crippen molar-refractivity contribution >= 4 is 18.3 Å². The molecule has 0 aliphatic rings. The highest BCUT2D eigenvalue weighted by Gasteiger charge is 2.11. The second-order valence-electron chi connectivity index (χ2n) is 9.57. The van der Waals surface area contributed by atoms with E-state index in [1.54, 1.807) is 0 Å². The van der Waals surface area contributed by atoms with E-state index in [0.29, 0.717) is 6.42 Å². The summed E-state index contributed by atoms with van der Waals surface area (Å²) >= 11 is 0. The standard InChI is InChI=1S/C27H56N2O.ClH/c1-5-7-8-9-10-11-12-13-14-15-16-17-18-19-20-21-22-23-24-25-27(30)28-26(6-2)29(3)4;/h26H,5-25H2,1-4H3,(H,28,30);1H. The molecule has 1 unspecified atom stereocenters. The Bertz CT molecular complexity index is 363. The molecule has 0 heterocycles. The van der Waals surface area contributed by atoms with Crippen molar-refractivity contribution in [3.63, 3.8) is 0 Å². The fourth-order valence-electron chi connectivity index (χ4n) is 4.22. The van der Waals surface area contributed by atoms with Gasteiger partial charge in [0.25, 0.3) is 0 Å². The summed E-state index contributed by atoms with van der Waals surface area (Å²) in [5, 5.41) is 3.11. The van der Waals surface area contributed by atoms with Crippen molar-refractivity contribution in [1.29, 1.82) is 0 Å². The van der Waals surface area contributed by atoms with Gasteiger partial charge in [-0.1, -0.05) is 129 Å². The predicted octanol–water partition coefficient (Wildman–Crippen LogP) is 8.64. The third kappa shape index (κ3) is 24.2. The molecule has 1 atom stereocenters. The number of nitrogens with zero attached hydrogens (tertiary/aromatic N) is 1. The number of unbranched alkanes of at least 4 members (excludes halogenated alkanes) is 18. The van der Waals surface area contributed by atoms with Crippen LogP contribution < -0.4 is 5.32 Å². The van der Waals surface area contributed by atoms with E-state index in [9.17, 15) is 4.79 Å². The Morgan fingerprint density at radius 2 is 0.935 bits per heavy atom. The Balaban J connectivity index is 0. The highest BCUT2D eigenvalue weighted by molar-refractivity contribution is 5.85. The van der Waals surface area contributed by atoms with Crippen molar-refractivity contribution in [2.75, 3.05) is 14.1 Å². The lowest BCUT2D eigenvalue weighted by atomic mass is 10.0. The van der Waals surface area contributed by atoms with Crippen LogP contribution in [0.25, 0.3) is 0 Å². The average molecular weight is 461 g/mol. The molecule has 0 bridgehead atoms. The molecule has 0 aromatic heterocycles. The van der Waals surface area contributed by atoms with Gasteiger partial charge in [-0.2, -0.15) is 0 Å². The van der Waals surface area contributed by atoms with E-state index in [4.69, 9.17) is 0 Å². The predicted molar refractivity (Wildman–Crippen MR) is 141 cm³/mol. The number of carbonyl (C=O) groups excluding carboxylic acids is 1. The molecule has 31 heavy (non-hydrogen) atoms. The third-order valence-corrected chi connectivity index (χ3v) is 6.35. The van der Waals surface area contributed by atoms with Crippen molar-refractivity contribution in [3.05, 3.63) is 0 Å². The van der Waals surface area contributed by atoms with E-state index >= 15 is 0 Å². The molecule has 4 heteroatoms. The molecule has 0 aromatic rings. The fraction of sp³-hybridized carbons (Fsp3) is 0.963. The van der Waals surface area contributed by atoms with Crippen LogP contribution in [0.15, 0.2) is 0 Å². The van der Waals surface area contributed by atoms with Gasteiger partial charge >= 0.3 is 0 Å². The monoisotopic (exact) mass is 460 g/mol. The zero-order valence-electron chi connectivity index (χ0n) is 21.7. The van der Waals surface area contributed by atoms with E-state index < -0.39 is 0 Å². The van der Waals surface area contributed by atoms with Crippen LogP contribution in [0.3, 0.4) is 0 Å². The maximum absolute atomic E-state index is 12.0. The summed E-state index contributed by atoms with van der Waals surface area (Å²) < 4.78 is 0. The second kappa shape index (κ2) is 26.0. The normalized spacial score (nSPS) is 12.0. The largest absolute Gasteiger partial charge is 0.341 e. The first kappa shape index (κ1) is 32.9. The number of hydrogen-bond donors (Lipinski definition) is 1. The maximum atomic E-state index is 12.0. The van der Waals surface area contributed by atoms with Gasteiger partial charge in [-0.05, 0) is 26.9 Å². The zero-order valence-corrected chi connectivity index (χ0v) is 22.5. The molecule has 0 aromatic carbocycles. The van der Waals surface area contributed by atoms with Crippen molar-refractivity contribution in [1.82, 2.24) is 10.2 Å². The van der Waals surface area contributed by atoms with Gasteiger partial charge in [0.05, 0.1) is 6.17 Å². The van der Waals surface area contributed by atoms with Crippen LogP contribution in [0.4, 0.5) is 0 Å². The van der Waals surface area contributed by atoms with Crippen LogP contribution in [0, 0.1) is 0 Å². The van der Waals surface area contributed by atoms with E-state index in [1.165, 1.54) is 116 Å². The van der Waals surface area contributed by atoms with E-state index in [2.05, 4.69) is 24.1 Å². The van der Waals surface area contributed by atoms with Crippen LogP contribution in [0.2, 0.25) is 0 Å². The Labute approximate surface area is 202 Å². The van der Waals surface area contributed by atoms with Gasteiger partial charge in [0.2, 0.25) is 5.91 Å². The van der Waals surface area contributed by atoms with Crippen LogP contribution in [-0.4, -0.2) is 31.1 Å². The molecule has 0 rings (SSSR count). The van der Waals surface area contributed by atoms with Crippen molar-refractivity contribution in [2.45, 2.75) is 155 Å². The highest BCUT2D eigenvalue weighted by atomic mass is 35.5. The number of nitrogens with one attached hydrogen (secondary N) is 1.